The molecule has 1 aliphatic carbocycles. The number of rotatable bonds is 16. The second-order valence-electron chi connectivity index (χ2n) is 12.8. The molecule has 47 heavy (non-hydrogen) atoms. The van der Waals surface area contributed by atoms with Gasteiger partial charge in [-0.25, -0.2) is 8.42 Å². The van der Waals surface area contributed by atoms with Gasteiger partial charge in [-0.1, -0.05) is 74.5 Å². The van der Waals surface area contributed by atoms with Gasteiger partial charge in [-0.05, 0) is 67.3 Å². The number of nitrogens with zero attached hydrogens (tertiary/aromatic N) is 1. The van der Waals surface area contributed by atoms with Crippen molar-refractivity contribution in [2.45, 2.75) is 58.2 Å². The number of anilines is 1. The lowest BCUT2D eigenvalue weighted by atomic mass is 10.0. The fraction of sp³-hybridized carbons (Fsp3) is 0.417. The lowest BCUT2D eigenvalue weighted by molar-refractivity contribution is -0.124. The van der Waals surface area contributed by atoms with Crippen molar-refractivity contribution < 1.29 is 22.8 Å². The maximum absolute atomic E-state index is 13.9. The summed E-state index contributed by atoms with van der Waals surface area (Å²) in [7, 11) is -2.31. The van der Waals surface area contributed by atoms with Crippen LogP contribution in [0.2, 0.25) is 0 Å². The standard InChI is InChI=1S/C36H47N5O5S/c1-24(2)33(36(44)38-22-27-16-17-27)37-23-31(18-26-12-8-6-9-13-26)40-35(43)30-19-29(20-32(21-30)41(4)47(5,45)46)34(42)39-25(3)28-14-10-7-11-15-28/h6-15,19-21,24-25,27,31,33,37H,16-18,22-23H2,1-5H3,(H,38,44)(H,39,42)(H,40,43)/t25-,31+,33+/m1/s1. The molecule has 11 heteroatoms. The van der Waals surface area contributed by atoms with Gasteiger partial charge in [0.1, 0.15) is 0 Å². The van der Waals surface area contributed by atoms with Gasteiger partial charge in [-0.3, -0.25) is 18.7 Å². The third-order valence-corrected chi connectivity index (χ3v) is 9.61. The minimum atomic E-state index is -3.69. The highest BCUT2D eigenvalue weighted by atomic mass is 32.2. The van der Waals surface area contributed by atoms with E-state index in [9.17, 15) is 22.8 Å². The van der Waals surface area contributed by atoms with E-state index < -0.39 is 33.9 Å². The minimum absolute atomic E-state index is 0.0184. The van der Waals surface area contributed by atoms with Crippen LogP contribution in [0.25, 0.3) is 0 Å². The normalized spacial score (nSPS) is 14.9. The molecule has 10 nitrogen and oxygen atoms in total. The molecule has 1 fully saturated rings. The van der Waals surface area contributed by atoms with Gasteiger partial charge >= 0.3 is 0 Å². The van der Waals surface area contributed by atoms with Crippen LogP contribution in [0.3, 0.4) is 0 Å². The smallest absolute Gasteiger partial charge is 0.251 e. The second kappa shape index (κ2) is 16.1. The summed E-state index contributed by atoms with van der Waals surface area (Å²) < 4.78 is 26.0. The largest absolute Gasteiger partial charge is 0.354 e. The molecule has 0 aliphatic heterocycles. The van der Waals surface area contributed by atoms with Crippen LogP contribution in [0, 0.1) is 11.8 Å². The number of carbonyl (C=O) groups is 3. The van der Waals surface area contributed by atoms with E-state index in [1.807, 2.05) is 81.4 Å². The Labute approximate surface area is 278 Å². The number of benzene rings is 3. The van der Waals surface area contributed by atoms with E-state index in [1.165, 1.54) is 25.2 Å². The predicted octanol–water partition coefficient (Wildman–Crippen LogP) is 4.05. The van der Waals surface area contributed by atoms with E-state index in [-0.39, 0.29) is 34.7 Å². The number of amides is 3. The molecule has 3 aromatic carbocycles. The zero-order valence-electron chi connectivity index (χ0n) is 27.8. The van der Waals surface area contributed by atoms with Crippen molar-refractivity contribution in [1.82, 2.24) is 21.3 Å². The summed E-state index contributed by atoms with van der Waals surface area (Å²) in [5.74, 6) is -0.402. The van der Waals surface area contributed by atoms with E-state index in [4.69, 9.17) is 0 Å². The maximum Gasteiger partial charge on any atom is 0.251 e. The highest BCUT2D eigenvalue weighted by molar-refractivity contribution is 7.92. The highest BCUT2D eigenvalue weighted by Crippen LogP contribution is 2.27. The molecule has 1 saturated carbocycles. The van der Waals surface area contributed by atoms with Crippen LogP contribution in [0.1, 0.15) is 71.5 Å². The molecule has 3 amide bonds. The Kier molecular flexibility index (Phi) is 12.2. The van der Waals surface area contributed by atoms with Crippen molar-refractivity contribution in [2.75, 3.05) is 30.7 Å². The number of hydrogen-bond acceptors (Lipinski definition) is 6. The predicted molar refractivity (Wildman–Crippen MR) is 186 cm³/mol. The first-order chi connectivity index (χ1) is 22.3. The SMILES string of the molecule is CC(C)[C@H](NC[C@H](Cc1ccccc1)NC(=O)c1cc(C(=O)N[C@H](C)c2ccccc2)cc(N(C)S(C)(=O)=O)c1)C(=O)NCC1CC1. The van der Waals surface area contributed by atoms with Crippen molar-refractivity contribution in [1.29, 1.82) is 0 Å². The fourth-order valence-corrected chi connectivity index (χ4v) is 5.76. The summed E-state index contributed by atoms with van der Waals surface area (Å²) in [4.78, 5) is 40.3. The fourth-order valence-electron chi connectivity index (χ4n) is 5.27. The summed E-state index contributed by atoms with van der Waals surface area (Å²) in [6.07, 6.45) is 3.83. The molecule has 0 saturated heterocycles. The molecule has 0 spiro atoms. The molecule has 0 bridgehead atoms. The van der Waals surface area contributed by atoms with Crippen LogP contribution >= 0.6 is 0 Å². The lowest BCUT2D eigenvalue weighted by Gasteiger charge is -2.26. The molecule has 0 heterocycles. The van der Waals surface area contributed by atoms with Crippen LogP contribution in [0.4, 0.5) is 5.69 Å². The van der Waals surface area contributed by atoms with Crippen molar-refractivity contribution in [3.8, 4) is 0 Å². The number of sulfonamides is 1. The summed E-state index contributed by atoms with van der Waals surface area (Å²) >= 11 is 0. The Morgan fingerprint density at radius 3 is 1.98 bits per heavy atom. The van der Waals surface area contributed by atoms with Gasteiger partial charge in [0.2, 0.25) is 15.9 Å². The Bertz CT molecular complexity index is 1630. The van der Waals surface area contributed by atoms with Gasteiger partial charge in [0, 0.05) is 37.3 Å². The van der Waals surface area contributed by atoms with Crippen LogP contribution in [-0.4, -0.2) is 64.6 Å². The topological polar surface area (TPSA) is 137 Å². The second-order valence-corrected chi connectivity index (χ2v) is 14.8. The first kappa shape index (κ1) is 35.6. The first-order valence-corrected chi connectivity index (χ1v) is 18.0. The maximum atomic E-state index is 13.9. The van der Waals surface area contributed by atoms with Crippen molar-refractivity contribution >= 4 is 33.4 Å². The average molecular weight is 662 g/mol. The Balaban J connectivity index is 1.58. The Morgan fingerprint density at radius 1 is 0.851 bits per heavy atom. The van der Waals surface area contributed by atoms with Crippen molar-refractivity contribution in [2.24, 2.45) is 11.8 Å². The van der Waals surface area contributed by atoms with Crippen LogP contribution < -0.4 is 25.6 Å². The van der Waals surface area contributed by atoms with Gasteiger partial charge in [0.15, 0.2) is 0 Å². The van der Waals surface area contributed by atoms with Gasteiger partial charge in [0.05, 0.1) is 24.0 Å². The van der Waals surface area contributed by atoms with Crippen molar-refractivity contribution in [3.05, 3.63) is 101 Å². The van der Waals surface area contributed by atoms with Crippen LogP contribution in [0.15, 0.2) is 78.9 Å². The summed E-state index contributed by atoms with van der Waals surface area (Å²) in [6.45, 7) is 6.80. The third kappa shape index (κ3) is 10.7. The van der Waals surface area contributed by atoms with Crippen molar-refractivity contribution in [3.63, 3.8) is 0 Å². The monoisotopic (exact) mass is 661 g/mol. The van der Waals surface area contributed by atoms with E-state index in [1.54, 1.807) is 0 Å². The van der Waals surface area contributed by atoms with E-state index in [0.717, 1.165) is 34.5 Å². The molecule has 0 radical (unpaired) electrons. The molecule has 3 atom stereocenters. The van der Waals surface area contributed by atoms with E-state index in [0.29, 0.717) is 25.4 Å². The minimum Gasteiger partial charge on any atom is -0.354 e. The van der Waals surface area contributed by atoms with Crippen LogP contribution in [0.5, 0.6) is 0 Å². The Morgan fingerprint density at radius 2 is 1.43 bits per heavy atom. The molecule has 0 unspecified atom stereocenters. The lowest BCUT2D eigenvalue weighted by Crippen LogP contribution is -2.52. The highest BCUT2D eigenvalue weighted by Gasteiger charge is 2.27. The summed E-state index contributed by atoms with van der Waals surface area (Å²) in [5, 5.41) is 12.5. The molecule has 3 aromatic rings. The number of nitrogens with one attached hydrogen (secondary N) is 4. The van der Waals surface area contributed by atoms with Crippen LogP contribution in [-0.2, 0) is 21.2 Å². The van der Waals surface area contributed by atoms with Gasteiger partial charge < -0.3 is 21.3 Å². The zero-order chi connectivity index (χ0) is 34.1. The van der Waals surface area contributed by atoms with E-state index in [2.05, 4.69) is 21.3 Å². The number of hydrogen-bond donors (Lipinski definition) is 4. The molecule has 4 rings (SSSR count). The molecule has 4 N–H and O–H groups in total. The quantitative estimate of drug-likeness (QED) is 0.183. The zero-order valence-corrected chi connectivity index (χ0v) is 28.6. The summed E-state index contributed by atoms with van der Waals surface area (Å²) in [5.41, 5.74) is 2.37. The van der Waals surface area contributed by atoms with E-state index >= 15 is 0 Å². The van der Waals surface area contributed by atoms with Gasteiger partial charge in [-0.15, -0.1) is 0 Å². The molecule has 252 valence electrons. The molecular weight excluding hydrogens is 614 g/mol. The Hall–Kier alpha value is -4.22. The van der Waals surface area contributed by atoms with Gasteiger partial charge in [0.25, 0.3) is 11.8 Å². The first-order valence-electron chi connectivity index (χ1n) is 16.1. The summed E-state index contributed by atoms with van der Waals surface area (Å²) in [6, 6.07) is 22.4. The third-order valence-electron chi connectivity index (χ3n) is 8.41. The van der Waals surface area contributed by atoms with Gasteiger partial charge in [-0.2, -0.15) is 0 Å². The number of carbonyl (C=O) groups excluding carboxylic acids is 3. The molecule has 1 aliphatic rings. The molecular formula is C36H47N5O5S. The molecule has 0 aromatic heterocycles. The average Bonchev–Trinajstić information content (AvgIpc) is 3.88.